The van der Waals surface area contributed by atoms with E-state index in [-0.39, 0.29) is 11.9 Å². The molecule has 0 saturated carbocycles. The number of carbonyl (C=O) groups is 1. The third-order valence-electron chi connectivity index (χ3n) is 4.35. The molecule has 2 saturated heterocycles. The highest BCUT2D eigenvalue weighted by Gasteiger charge is 2.36. The Hall–Kier alpha value is -0.660. The maximum atomic E-state index is 12.6. The number of piperidine rings is 2. The van der Waals surface area contributed by atoms with Crippen LogP contribution in [-0.4, -0.2) is 55.8 Å². The Morgan fingerprint density at radius 3 is 2.38 bits per heavy atom. The van der Waals surface area contributed by atoms with E-state index in [9.17, 15) is 13.2 Å². The first-order chi connectivity index (χ1) is 9.95. The molecule has 2 aliphatic heterocycles. The Labute approximate surface area is 127 Å². The van der Waals surface area contributed by atoms with Crippen LogP contribution in [-0.2, 0) is 19.7 Å². The smallest absolute Gasteiger partial charge is 0.309 e. The molecule has 0 spiro atoms. The van der Waals surface area contributed by atoms with E-state index in [1.54, 1.807) is 11.2 Å². The summed E-state index contributed by atoms with van der Waals surface area (Å²) in [6, 6.07) is 0. The van der Waals surface area contributed by atoms with Crippen LogP contribution in [0.2, 0.25) is 0 Å². The highest BCUT2D eigenvalue weighted by Crippen LogP contribution is 2.25. The van der Waals surface area contributed by atoms with Crippen LogP contribution >= 0.6 is 0 Å². The van der Waals surface area contributed by atoms with E-state index >= 15 is 0 Å². The largest absolute Gasteiger partial charge is 0.466 e. The Balaban J connectivity index is 1.93. The predicted octanol–water partition coefficient (Wildman–Crippen LogP) is 1.24. The van der Waals surface area contributed by atoms with Gasteiger partial charge >= 0.3 is 5.97 Å². The minimum atomic E-state index is -3.36. The van der Waals surface area contributed by atoms with Crippen LogP contribution in [0.5, 0.6) is 0 Å². The lowest BCUT2D eigenvalue weighted by Crippen LogP contribution is -2.50. The first-order valence-electron chi connectivity index (χ1n) is 7.87. The Bertz CT molecular complexity index is 458. The van der Waals surface area contributed by atoms with Gasteiger partial charge in [-0.1, -0.05) is 6.92 Å². The van der Waals surface area contributed by atoms with Crippen molar-refractivity contribution in [2.45, 2.75) is 39.5 Å². The predicted molar refractivity (Wildman–Crippen MR) is 79.8 cm³/mol. The molecule has 1 unspecified atom stereocenters. The van der Waals surface area contributed by atoms with Crippen LogP contribution in [0.4, 0.5) is 0 Å². The van der Waals surface area contributed by atoms with Gasteiger partial charge in [-0.05, 0) is 38.5 Å². The highest BCUT2D eigenvalue weighted by molar-refractivity contribution is 7.86. The van der Waals surface area contributed by atoms with Gasteiger partial charge in [-0.3, -0.25) is 4.79 Å². The standard InChI is InChI=1S/C14H26N2O4S/c1-3-20-14(17)13-6-9-15(10-7-13)21(18,19)16-8-4-5-12(2)11-16/h12-13H,3-11H2,1-2H3. The number of hydrogen-bond acceptors (Lipinski definition) is 4. The van der Waals surface area contributed by atoms with E-state index in [0.717, 1.165) is 12.8 Å². The summed E-state index contributed by atoms with van der Waals surface area (Å²) in [6.45, 7) is 6.31. The minimum absolute atomic E-state index is 0.156. The quantitative estimate of drug-likeness (QED) is 0.732. The SMILES string of the molecule is CCOC(=O)C1CCN(S(=O)(=O)N2CCCC(C)C2)CC1. The zero-order valence-corrected chi connectivity index (χ0v) is 13.8. The third-order valence-corrected chi connectivity index (χ3v) is 6.35. The van der Waals surface area contributed by atoms with Crippen molar-refractivity contribution in [2.75, 3.05) is 32.8 Å². The van der Waals surface area contributed by atoms with Gasteiger partial charge in [0, 0.05) is 26.2 Å². The Morgan fingerprint density at radius 2 is 1.81 bits per heavy atom. The average Bonchev–Trinajstić information content (AvgIpc) is 2.47. The van der Waals surface area contributed by atoms with Gasteiger partial charge in [0.25, 0.3) is 10.2 Å². The van der Waals surface area contributed by atoms with E-state index in [1.165, 1.54) is 4.31 Å². The first kappa shape index (κ1) is 16.7. The lowest BCUT2D eigenvalue weighted by Gasteiger charge is -2.37. The van der Waals surface area contributed by atoms with Crippen molar-refractivity contribution in [1.29, 1.82) is 0 Å². The van der Waals surface area contributed by atoms with Gasteiger partial charge < -0.3 is 4.74 Å². The average molecular weight is 318 g/mol. The topological polar surface area (TPSA) is 66.9 Å². The molecular formula is C14H26N2O4S. The molecule has 2 rings (SSSR count). The van der Waals surface area contributed by atoms with Gasteiger partial charge in [0.05, 0.1) is 12.5 Å². The van der Waals surface area contributed by atoms with Crippen molar-refractivity contribution in [1.82, 2.24) is 8.61 Å². The maximum Gasteiger partial charge on any atom is 0.309 e. The maximum absolute atomic E-state index is 12.6. The minimum Gasteiger partial charge on any atom is -0.466 e. The van der Waals surface area contributed by atoms with E-state index in [2.05, 4.69) is 6.92 Å². The molecule has 0 radical (unpaired) electrons. The molecular weight excluding hydrogens is 292 g/mol. The molecule has 122 valence electrons. The van der Waals surface area contributed by atoms with Gasteiger partial charge in [-0.2, -0.15) is 17.0 Å². The molecule has 21 heavy (non-hydrogen) atoms. The lowest BCUT2D eigenvalue weighted by molar-refractivity contribution is -0.149. The molecule has 0 amide bonds. The zero-order chi connectivity index (χ0) is 15.5. The van der Waals surface area contributed by atoms with E-state index in [0.29, 0.717) is 51.5 Å². The molecule has 0 aromatic heterocycles. The molecule has 2 fully saturated rings. The summed E-state index contributed by atoms with van der Waals surface area (Å²) in [5.41, 5.74) is 0. The van der Waals surface area contributed by atoms with Gasteiger partial charge in [0.15, 0.2) is 0 Å². The van der Waals surface area contributed by atoms with Crippen molar-refractivity contribution in [3.8, 4) is 0 Å². The fraction of sp³-hybridized carbons (Fsp3) is 0.929. The van der Waals surface area contributed by atoms with Crippen molar-refractivity contribution in [3.63, 3.8) is 0 Å². The second kappa shape index (κ2) is 7.07. The molecule has 1 atom stereocenters. The molecule has 0 N–H and O–H groups in total. The molecule has 2 aliphatic rings. The van der Waals surface area contributed by atoms with Gasteiger partial charge in [0.2, 0.25) is 0 Å². The molecule has 0 aromatic carbocycles. The highest BCUT2D eigenvalue weighted by atomic mass is 32.2. The molecule has 6 nitrogen and oxygen atoms in total. The number of nitrogens with zero attached hydrogens (tertiary/aromatic N) is 2. The summed E-state index contributed by atoms with van der Waals surface area (Å²) in [5, 5.41) is 0. The van der Waals surface area contributed by atoms with Crippen molar-refractivity contribution in [2.24, 2.45) is 11.8 Å². The summed E-state index contributed by atoms with van der Waals surface area (Å²) in [4.78, 5) is 11.7. The molecule has 0 aliphatic carbocycles. The lowest BCUT2D eigenvalue weighted by atomic mass is 9.98. The summed E-state index contributed by atoms with van der Waals surface area (Å²) in [7, 11) is -3.36. The zero-order valence-electron chi connectivity index (χ0n) is 13.0. The van der Waals surface area contributed by atoms with E-state index < -0.39 is 10.2 Å². The second-order valence-electron chi connectivity index (χ2n) is 6.04. The number of carbonyl (C=O) groups excluding carboxylic acids is 1. The fourth-order valence-electron chi connectivity index (χ4n) is 3.10. The van der Waals surface area contributed by atoms with Crippen LogP contribution in [0.3, 0.4) is 0 Å². The fourth-order valence-corrected chi connectivity index (χ4v) is 4.90. The second-order valence-corrected chi connectivity index (χ2v) is 7.97. The van der Waals surface area contributed by atoms with Crippen LogP contribution in [0.15, 0.2) is 0 Å². The van der Waals surface area contributed by atoms with Crippen LogP contribution in [0.1, 0.15) is 39.5 Å². The molecule has 0 bridgehead atoms. The van der Waals surface area contributed by atoms with Crippen LogP contribution in [0.25, 0.3) is 0 Å². The number of hydrogen-bond donors (Lipinski definition) is 0. The van der Waals surface area contributed by atoms with Crippen LogP contribution in [0, 0.1) is 11.8 Å². The van der Waals surface area contributed by atoms with Crippen LogP contribution < -0.4 is 0 Å². The summed E-state index contributed by atoms with van der Waals surface area (Å²) < 4.78 is 33.4. The normalized spacial score (nSPS) is 26.7. The summed E-state index contributed by atoms with van der Waals surface area (Å²) >= 11 is 0. The molecule has 2 heterocycles. The van der Waals surface area contributed by atoms with E-state index in [1.807, 2.05) is 0 Å². The molecule has 7 heteroatoms. The van der Waals surface area contributed by atoms with Gasteiger partial charge in [0.1, 0.15) is 0 Å². The van der Waals surface area contributed by atoms with E-state index in [4.69, 9.17) is 4.74 Å². The third kappa shape index (κ3) is 3.96. The van der Waals surface area contributed by atoms with Crippen molar-refractivity contribution < 1.29 is 17.9 Å². The number of ether oxygens (including phenoxy) is 1. The monoisotopic (exact) mass is 318 g/mol. The van der Waals surface area contributed by atoms with Crippen molar-refractivity contribution >= 4 is 16.2 Å². The summed E-state index contributed by atoms with van der Waals surface area (Å²) in [6.07, 6.45) is 3.14. The first-order valence-corrected chi connectivity index (χ1v) is 9.26. The Morgan fingerprint density at radius 1 is 1.14 bits per heavy atom. The van der Waals surface area contributed by atoms with Gasteiger partial charge in [-0.15, -0.1) is 0 Å². The summed E-state index contributed by atoms with van der Waals surface area (Å²) in [5.74, 6) is 0.0726. The van der Waals surface area contributed by atoms with Gasteiger partial charge in [-0.25, -0.2) is 0 Å². The number of rotatable bonds is 4. The number of esters is 1. The van der Waals surface area contributed by atoms with Crippen molar-refractivity contribution in [3.05, 3.63) is 0 Å². The Kier molecular flexibility index (Phi) is 5.62. The molecule has 0 aromatic rings.